The van der Waals surface area contributed by atoms with Crippen molar-refractivity contribution >= 4 is 22.6 Å². The van der Waals surface area contributed by atoms with Gasteiger partial charge in [0.1, 0.15) is 23.9 Å². The van der Waals surface area contributed by atoms with Crippen LogP contribution < -0.4 is 10.1 Å². The number of benzene rings is 1. The summed E-state index contributed by atoms with van der Waals surface area (Å²) in [5.41, 5.74) is 0.170. The molecule has 13 heteroatoms. The number of fused-ring (bicyclic) bond motifs is 1. The smallest absolute Gasteiger partial charge is 0.406 e. The Bertz CT molecular complexity index is 929. The molecule has 0 unspecified atom stereocenters. The lowest BCUT2D eigenvalue weighted by Crippen LogP contribution is -2.47. The van der Waals surface area contributed by atoms with Crippen LogP contribution in [0.15, 0.2) is 24.5 Å². The Morgan fingerprint density at radius 2 is 1.81 bits per heavy atom. The quantitative estimate of drug-likeness (QED) is 0.695. The Kier molecular flexibility index (Phi) is 6.43. The zero-order valence-corrected chi connectivity index (χ0v) is 16.1. The van der Waals surface area contributed by atoms with E-state index in [4.69, 9.17) is 0 Å². The first kappa shape index (κ1) is 22.8. The number of ether oxygens (including phenoxy) is 2. The SMILES string of the molecule is C[C@@H](Nc1ncnc2cc(OC(F)(F)F)ccc12)C(=O)N1CCC(OC(F)(F)F)CC1. The summed E-state index contributed by atoms with van der Waals surface area (Å²) in [6, 6.07) is 2.73. The Morgan fingerprint density at radius 1 is 1.13 bits per heavy atom. The predicted molar refractivity (Wildman–Crippen MR) is 96.0 cm³/mol. The molecule has 1 amide bonds. The van der Waals surface area contributed by atoms with Gasteiger partial charge in [-0.15, -0.1) is 26.3 Å². The summed E-state index contributed by atoms with van der Waals surface area (Å²) in [7, 11) is 0. The molecule has 1 aliphatic rings. The second kappa shape index (κ2) is 8.73. The normalized spacial score (nSPS) is 16.9. The van der Waals surface area contributed by atoms with Crippen molar-refractivity contribution in [3.8, 4) is 5.75 Å². The topological polar surface area (TPSA) is 76.6 Å². The van der Waals surface area contributed by atoms with Crippen LogP contribution in [0.2, 0.25) is 0 Å². The Hall–Kier alpha value is -2.83. The van der Waals surface area contributed by atoms with Gasteiger partial charge in [0.25, 0.3) is 0 Å². The molecule has 1 fully saturated rings. The number of amides is 1. The molecule has 1 aromatic heterocycles. The number of carbonyl (C=O) groups excluding carboxylic acids is 1. The summed E-state index contributed by atoms with van der Waals surface area (Å²) in [6.45, 7) is 1.76. The number of carbonyl (C=O) groups is 1. The molecule has 0 spiro atoms. The third kappa shape index (κ3) is 6.32. The fraction of sp³-hybridized carbons (Fsp3) is 0.500. The molecule has 2 aromatic rings. The van der Waals surface area contributed by atoms with Crippen LogP contribution in [0.25, 0.3) is 10.9 Å². The van der Waals surface area contributed by atoms with Crippen LogP contribution in [0, 0.1) is 0 Å². The minimum atomic E-state index is -4.85. The first-order valence-electron chi connectivity index (χ1n) is 9.21. The van der Waals surface area contributed by atoms with E-state index in [2.05, 4.69) is 24.8 Å². The van der Waals surface area contributed by atoms with Crippen LogP contribution in [-0.4, -0.2) is 58.7 Å². The highest BCUT2D eigenvalue weighted by Gasteiger charge is 2.36. The van der Waals surface area contributed by atoms with E-state index in [0.717, 1.165) is 18.5 Å². The molecule has 1 aromatic carbocycles. The van der Waals surface area contributed by atoms with Crippen LogP contribution in [0.3, 0.4) is 0 Å². The van der Waals surface area contributed by atoms with Gasteiger partial charge in [0.15, 0.2) is 0 Å². The number of rotatable bonds is 5. The van der Waals surface area contributed by atoms with Crippen molar-refractivity contribution in [2.24, 2.45) is 0 Å². The van der Waals surface area contributed by atoms with Crippen molar-refractivity contribution < 1.29 is 40.6 Å². The second-order valence-electron chi connectivity index (χ2n) is 6.90. The van der Waals surface area contributed by atoms with Gasteiger partial charge >= 0.3 is 12.7 Å². The molecule has 0 radical (unpaired) electrons. The van der Waals surface area contributed by atoms with Crippen LogP contribution in [0.5, 0.6) is 5.75 Å². The average molecular weight is 452 g/mol. The number of nitrogens with one attached hydrogen (secondary N) is 1. The maximum atomic E-state index is 12.7. The molecule has 2 heterocycles. The van der Waals surface area contributed by atoms with Gasteiger partial charge in [0.2, 0.25) is 5.91 Å². The van der Waals surface area contributed by atoms with Gasteiger partial charge in [-0.05, 0) is 31.9 Å². The number of aromatic nitrogens is 2. The molecule has 0 bridgehead atoms. The zero-order chi connectivity index (χ0) is 22.8. The van der Waals surface area contributed by atoms with E-state index in [1.165, 1.54) is 11.0 Å². The second-order valence-corrected chi connectivity index (χ2v) is 6.90. The minimum absolute atomic E-state index is 0.0520. The molecule has 1 saturated heterocycles. The number of hydrogen-bond acceptors (Lipinski definition) is 6. The fourth-order valence-corrected chi connectivity index (χ4v) is 3.27. The fourth-order valence-electron chi connectivity index (χ4n) is 3.27. The van der Waals surface area contributed by atoms with Crippen LogP contribution in [-0.2, 0) is 9.53 Å². The first-order chi connectivity index (χ1) is 14.4. The highest BCUT2D eigenvalue weighted by atomic mass is 19.4. The third-order valence-corrected chi connectivity index (χ3v) is 4.62. The molecule has 0 saturated carbocycles. The van der Waals surface area contributed by atoms with Crippen molar-refractivity contribution in [3.05, 3.63) is 24.5 Å². The summed E-state index contributed by atoms with van der Waals surface area (Å²) in [5.74, 6) is -0.577. The molecule has 7 nitrogen and oxygen atoms in total. The minimum Gasteiger partial charge on any atom is -0.406 e. The Labute approximate surface area is 172 Å². The predicted octanol–water partition coefficient (Wildman–Crippen LogP) is 3.86. The average Bonchev–Trinajstić information content (AvgIpc) is 2.65. The number of anilines is 1. The van der Waals surface area contributed by atoms with Crippen LogP contribution >= 0.6 is 0 Å². The summed E-state index contributed by atoms with van der Waals surface area (Å²) in [6.07, 6.45) is -9.33. The van der Waals surface area contributed by atoms with Crippen molar-refractivity contribution in [1.29, 1.82) is 0 Å². The van der Waals surface area contributed by atoms with Crippen molar-refractivity contribution in [2.75, 3.05) is 18.4 Å². The monoisotopic (exact) mass is 452 g/mol. The maximum absolute atomic E-state index is 12.7. The summed E-state index contributed by atoms with van der Waals surface area (Å²) >= 11 is 0. The molecule has 170 valence electrons. The van der Waals surface area contributed by atoms with Crippen molar-refractivity contribution in [2.45, 2.75) is 44.6 Å². The molecule has 1 N–H and O–H groups in total. The number of halogens is 6. The zero-order valence-electron chi connectivity index (χ0n) is 16.1. The van der Waals surface area contributed by atoms with E-state index >= 15 is 0 Å². The van der Waals surface area contributed by atoms with E-state index < -0.39 is 30.6 Å². The first-order valence-corrected chi connectivity index (χ1v) is 9.21. The molecule has 1 aliphatic heterocycles. The van der Waals surface area contributed by atoms with E-state index in [0.29, 0.717) is 5.39 Å². The lowest BCUT2D eigenvalue weighted by molar-refractivity contribution is -0.345. The standard InChI is InChI=1S/C18H18F6N4O3/c1-10(16(29)28-6-4-11(5-7-28)30-17(19,20)21)27-15-13-3-2-12(31-18(22,23)24)8-14(13)25-9-26-15/h2-3,8-11H,4-7H2,1H3,(H,25,26,27)/t10-/m1/s1. The number of likely N-dealkylation sites (tertiary alicyclic amines) is 1. The van der Waals surface area contributed by atoms with Crippen molar-refractivity contribution in [3.63, 3.8) is 0 Å². The number of nitrogens with zero attached hydrogens (tertiary/aromatic N) is 3. The summed E-state index contributed by atoms with van der Waals surface area (Å²) < 4.78 is 82.0. The van der Waals surface area contributed by atoms with Gasteiger partial charge in [-0.1, -0.05) is 0 Å². The number of hydrogen-bond donors (Lipinski definition) is 1. The Balaban J connectivity index is 1.65. The van der Waals surface area contributed by atoms with Gasteiger partial charge in [-0.25, -0.2) is 9.97 Å². The van der Waals surface area contributed by atoms with Gasteiger partial charge in [-0.3, -0.25) is 9.53 Å². The highest BCUT2D eigenvalue weighted by molar-refractivity contribution is 5.92. The summed E-state index contributed by atoms with van der Waals surface area (Å²) in [5, 5.41) is 3.25. The highest BCUT2D eigenvalue weighted by Crippen LogP contribution is 2.29. The summed E-state index contributed by atoms with van der Waals surface area (Å²) in [4.78, 5) is 22.0. The molecule has 31 heavy (non-hydrogen) atoms. The van der Waals surface area contributed by atoms with E-state index in [9.17, 15) is 31.1 Å². The van der Waals surface area contributed by atoms with Gasteiger partial charge in [-0.2, -0.15) is 0 Å². The molecule has 1 atom stereocenters. The number of piperidine rings is 1. The Morgan fingerprint density at radius 3 is 2.42 bits per heavy atom. The largest absolute Gasteiger partial charge is 0.573 e. The molecular weight excluding hydrogens is 434 g/mol. The lowest BCUT2D eigenvalue weighted by Gasteiger charge is -2.33. The van der Waals surface area contributed by atoms with Crippen LogP contribution in [0.1, 0.15) is 19.8 Å². The van der Waals surface area contributed by atoms with E-state index in [-0.39, 0.29) is 43.2 Å². The molecule has 0 aliphatic carbocycles. The van der Waals surface area contributed by atoms with Gasteiger partial charge in [0, 0.05) is 24.5 Å². The van der Waals surface area contributed by atoms with E-state index in [1.54, 1.807) is 6.92 Å². The third-order valence-electron chi connectivity index (χ3n) is 4.62. The van der Waals surface area contributed by atoms with E-state index in [1.807, 2.05) is 0 Å². The van der Waals surface area contributed by atoms with Gasteiger partial charge < -0.3 is 15.0 Å². The number of alkyl halides is 6. The van der Waals surface area contributed by atoms with Crippen molar-refractivity contribution in [1.82, 2.24) is 14.9 Å². The van der Waals surface area contributed by atoms with Crippen LogP contribution in [0.4, 0.5) is 32.2 Å². The molecule has 3 rings (SSSR count). The molecular formula is C18H18F6N4O3. The maximum Gasteiger partial charge on any atom is 0.573 e. The lowest BCUT2D eigenvalue weighted by atomic mass is 10.1. The van der Waals surface area contributed by atoms with Gasteiger partial charge in [0.05, 0.1) is 11.6 Å².